The molecule has 3 saturated carbocycles. The molecule has 4 aromatic rings. The Balaban J connectivity index is 0.807. The highest BCUT2D eigenvalue weighted by atomic mass is 16.5. The number of ether oxygens (including phenoxy) is 3. The third-order valence-corrected chi connectivity index (χ3v) is 12.0. The third kappa shape index (κ3) is 6.86. The van der Waals surface area contributed by atoms with Crippen molar-refractivity contribution in [2.75, 3.05) is 34.4 Å². The lowest BCUT2D eigenvalue weighted by molar-refractivity contribution is -0.173. The number of aromatic nitrogens is 2. The molecule has 3 aliphatic carbocycles. The number of fused-ring (bicyclic) bond motifs is 2. The van der Waals surface area contributed by atoms with Gasteiger partial charge in [0.25, 0.3) is 17.4 Å². The highest BCUT2D eigenvalue weighted by Gasteiger charge is 2.68. The maximum Gasteiger partial charge on any atom is 0.266 e. The van der Waals surface area contributed by atoms with Gasteiger partial charge in [-0.05, 0) is 92.3 Å². The van der Waals surface area contributed by atoms with Crippen molar-refractivity contribution in [3.63, 3.8) is 0 Å². The molecule has 2 bridgehead atoms. The highest BCUT2D eigenvalue weighted by molar-refractivity contribution is 6.24. The Morgan fingerprint density at radius 2 is 1.71 bits per heavy atom. The molecule has 1 atom stereocenters. The smallest absolute Gasteiger partial charge is 0.266 e. The summed E-state index contributed by atoms with van der Waals surface area (Å²) in [5.74, 6) is -0.668. The summed E-state index contributed by atoms with van der Waals surface area (Å²) in [4.78, 5) is 83.5. The SMILES string of the molecule is COc1cc(-c2cn(C)c(=O)c3cnccc23)cc(OC)c1CN(C)CC12CC(NC(=O)CCCCOc3cccc4c3C(=O)N(C3CCC(=O)NC3=O)C4=O)(C1)C2. The van der Waals surface area contributed by atoms with Crippen LogP contribution in [-0.2, 0) is 28.0 Å². The fraction of sp³-hybridized carbons (Fsp3) is 0.419. The number of nitrogens with one attached hydrogen (secondary N) is 2. The summed E-state index contributed by atoms with van der Waals surface area (Å²) in [7, 11) is 7.10. The first-order chi connectivity index (χ1) is 27.8. The third-order valence-electron chi connectivity index (χ3n) is 12.0. The number of hydrogen-bond donors (Lipinski definition) is 2. The van der Waals surface area contributed by atoms with E-state index in [0.29, 0.717) is 42.7 Å². The highest BCUT2D eigenvalue weighted by Crippen LogP contribution is 2.67. The average Bonchev–Trinajstić information content (AvgIpc) is 3.43. The van der Waals surface area contributed by atoms with Crippen LogP contribution in [0, 0.1) is 5.41 Å². The summed E-state index contributed by atoms with van der Waals surface area (Å²) < 4.78 is 19.3. The number of benzene rings is 2. The van der Waals surface area contributed by atoms with Crippen molar-refractivity contribution in [3.8, 4) is 28.4 Å². The van der Waals surface area contributed by atoms with Crippen molar-refractivity contribution in [2.24, 2.45) is 12.5 Å². The van der Waals surface area contributed by atoms with E-state index in [4.69, 9.17) is 14.2 Å². The number of piperidine rings is 1. The fourth-order valence-electron chi connectivity index (χ4n) is 9.57. The minimum atomic E-state index is -1.05. The van der Waals surface area contributed by atoms with Crippen LogP contribution in [0.3, 0.4) is 0 Å². The summed E-state index contributed by atoms with van der Waals surface area (Å²) in [6.45, 7) is 1.70. The van der Waals surface area contributed by atoms with Crippen LogP contribution in [0.5, 0.6) is 17.2 Å². The number of methoxy groups -OCH3 is 2. The molecular weight excluding hydrogens is 745 g/mol. The molecule has 1 unspecified atom stereocenters. The summed E-state index contributed by atoms with van der Waals surface area (Å²) in [6.07, 6.45) is 9.46. The van der Waals surface area contributed by atoms with E-state index in [2.05, 4.69) is 27.6 Å². The van der Waals surface area contributed by atoms with Crippen LogP contribution in [0.1, 0.15) is 77.6 Å². The minimum absolute atomic E-state index is 0.00000292. The topological polar surface area (TPSA) is 178 Å². The first kappa shape index (κ1) is 38.8. The molecule has 2 aromatic heterocycles. The largest absolute Gasteiger partial charge is 0.496 e. The van der Waals surface area contributed by atoms with Gasteiger partial charge in [-0.25, -0.2) is 0 Å². The first-order valence-corrected chi connectivity index (χ1v) is 19.5. The second kappa shape index (κ2) is 15.0. The Kier molecular flexibility index (Phi) is 10.0. The summed E-state index contributed by atoms with van der Waals surface area (Å²) in [6, 6.07) is 9.53. The lowest BCUT2D eigenvalue weighted by Crippen LogP contribution is -2.76. The zero-order chi connectivity index (χ0) is 40.9. The van der Waals surface area contributed by atoms with E-state index in [9.17, 15) is 28.8 Å². The van der Waals surface area contributed by atoms with Crippen molar-refractivity contribution in [2.45, 2.75) is 69.5 Å². The standard InChI is InChI=1S/C43H46N6O9/c1-47(19-30-33(56-3)16-25(17-34(30)57-4)29-20-48(2)39(53)28-18-44-14-13-26(28)29)24-42-21-43(22-42,23-42)46-36(51)10-5-6-15-58-32-9-7-8-27-37(32)41(55)49(40(27)54)31-11-12-35(50)45-38(31)52/h7-9,13-14,16-18,20,31H,5-6,10-12,15,19,21-24H2,1-4H3,(H,46,51)(H,45,50,52). The molecule has 2 N–H and O–H groups in total. The number of aryl methyl sites for hydroxylation is 1. The molecule has 302 valence electrons. The predicted molar refractivity (Wildman–Crippen MR) is 211 cm³/mol. The van der Waals surface area contributed by atoms with E-state index < -0.39 is 29.7 Å². The maximum atomic E-state index is 13.3. The molecule has 9 rings (SSSR count). The summed E-state index contributed by atoms with van der Waals surface area (Å²) in [5, 5.41) is 6.82. The van der Waals surface area contributed by atoms with Crippen molar-refractivity contribution >= 4 is 40.3 Å². The molecule has 0 radical (unpaired) electrons. The molecule has 4 fully saturated rings. The number of carbonyl (C=O) groups is 5. The molecule has 4 heterocycles. The molecule has 1 saturated heterocycles. The van der Waals surface area contributed by atoms with E-state index in [1.54, 1.807) is 50.4 Å². The maximum absolute atomic E-state index is 13.3. The second-order valence-corrected chi connectivity index (χ2v) is 16.2. The van der Waals surface area contributed by atoms with E-state index in [-0.39, 0.29) is 58.7 Å². The number of amides is 5. The Bertz CT molecular complexity index is 2400. The van der Waals surface area contributed by atoms with E-state index in [1.165, 1.54) is 6.07 Å². The Morgan fingerprint density at radius 3 is 2.41 bits per heavy atom. The molecule has 2 aliphatic heterocycles. The molecule has 58 heavy (non-hydrogen) atoms. The fourth-order valence-corrected chi connectivity index (χ4v) is 9.57. The molecule has 0 spiro atoms. The van der Waals surface area contributed by atoms with Gasteiger partial charge in [0.2, 0.25) is 17.7 Å². The van der Waals surface area contributed by atoms with Crippen LogP contribution in [0.2, 0.25) is 0 Å². The lowest BCUT2D eigenvalue weighted by Gasteiger charge is -2.71. The Labute approximate surface area is 334 Å². The second-order valence-electron chi connectivity index (χ2n) is 16.2. The van der Waals surface area contributed by atoms with Crippen molar-refractivity contribution in [3.05, 3.63) is 82.0 Å². The summed E-state index contributed by atoms with van der Waals surface area (Å²) in [5.41, 5.74) is 2.80. The van der Waals surface area contributed by atoms with Crippen LogP contribution >= 0.6 is 0 Å². The van der Waals surface area contributed by atoms with Gasteiger partial charge in [0, 0.05) is 62.7 Å². The van der Waals surface area contributed by atoms with Crippen molar-refractivity contribution in [1.29, 1.82) is 0 Å². The molecule has 5 amide bonds. The zero-order valence-corrected chi connectivity index (χ0v) is 33.0. The number of hydrogen-bond acceptors (Lipinski definition) is 11. The number of rotatable bonds is 15. The van der Waals surface area contributed by atoms with Gasteiger partial charge in [-0.3, -0.25) is 44.0 Å². The van der Waals surface area contributed by atoms with E-state index >= 15 is 0 Å². The predicted octanol–water partition coefficient (Wildman–Crippen LogP) is 3.74. The van der Waals surface area contributed by atoms with Crippen LogP contribution in [0.15, 0.2) is 59.8 Å². The normalized spacial score (nSPS) is 22.0. The Morgan fingerprint density at radius 1 is 0.966 bits per heavy atom. The van der Waals surface area contributed by atoms with E-state index in [1.807, 2.05) is 24.4 Å². The molecule has 2 aromatic carbocycles. The zero-order valence-electron chi connectivity index (χ0n) is 33.0. The lowest BCUT2D eigenvalue weighted by atomic mass is 9.39. The molecule has 5 aliphatic rings. The number of imide groups is 2. The van der Waals surface area contributed by atoms with Gasteiger partial charge in [-0.1, -0.05) is 6.07 Å². The van der Waals surface area contributed by atoms with Gasteiger partial charge in [-0.15, -0.1) is 0 Å². The number of unbranched alkanes of at least 4 members (excludes halogenated alkanes) is 1. The van der Waals surface area contributed by atoms with Crippen molar-refractivity contribution < 1.29 is 38.2 Å². The number of pyridine rings is 2. The summed E-state index contributed by atoms with van der Waals surface area (Å²) >= 11 is 0. The van der Waals surface area contributed by atoms with Gasteiger partial charge < -0.3 is 29.0 Å². The number of carbonyl (C=O) groups excluding carboxylic acids is 5. The first-order valence-electron chi connectivity index (χ1n) is 19.5. The van der Waals surface area contributed by atoms with Crippen LogP contribution in [-0.4, -0.2) is 94.9 Å². The van der Waals surface area contributed by atoms with Crippen LogP contribution in [0.25, 0.3) is 21.9 Å². The van der Waals surface area contributed by atoms with Crippen molar-refractivity contribution in [1.82, 2.24) is 30.0 Å². The van der Waals surface area contributed by atoms with E-state index in [0.717, 1.165) is 52.8 Å². The monoisotopic (exact) mass is 790 g/mol. The van der Waals surface area contributed by atoms with Gasteiger partial charge in [0.15, 0.2) is 0 Å². The number of nitrogens with zero attached hydrogens (tertiary/aromatic N) is 4. The van der Waals surface area contributed by atoms with Gasteiger partial charge in [0.1, 0.15) is 23.3 Å². The quantitative estimate of drug-likeness (QED) is 0.132. The minimum Gasteiger partial charge on any atom is -0.496 e. The Hall–Kier alpha value is -6.09. The van der Waals surface area contributed by atoms with Gasteiger partial charge >= 0.3 is 0 Å². The van der Waals surface area contributed by atoms with Crippen LogP contribution in [0.4, 0.5) is 0 Å². The van der Waals surface area contributed by atoms with Gasteiger partial charge in [0.05, 0.1) is 42.9 Å². The average molecular weight is 791 g/mol. The molecule has 15 heteroatoms. The molecule has 15 nitrogen and oxygen atoms in total. The van der Waals surface area contributed by atoms with Gasteiger partial charge in [-0.2, -0.15) is 0 Å². The molecular formula is C43H46N6O9. The van der Waals surface area contributed by atoms with Crippen LogP contribution < -0.4 is 30.4 Å².